The molecule has 1 fully saturated rings. The van der Waals surface area contributed by atoms with Crippen LogP contribution in [0.4, 0.5) is 11.4 Å². The van der Waals surface area contributed by atoms with Crippen molar-refractivity contribution in [2.75, 3.05) is 17.2 Å². The molecule has 108 valence electrons. The van der Waals surface area contributed by atoms with E-state index in [2.05, 4.69) is 10.6 Å². The fraction of sp³-hybridized carbons (Fsp3) is 0.467. The molecule has 0 bridgehead atoms. The Morgan fingerprint density at radius 1 is 1.10 bits per heavy atom. The van der Waals surface area contributed by atoms with Crippen LogP contribution < -0.4 is 16.4 Å². The summed E-state index contributed by atoms with van der Waals surface area (Å²) in [6, 6.07) is 7.12. The third-order valence-electron chi connectivity index (χ3n) is 3.58. The van der Waals surface area contributed by atoms with Gasteiger partial charge in [-0.05, 0) is 31.0 Å². The van der Waals surface area contributed by atoms with E-state index in [0.717, 1.165) is 25.7 Å². The number of carbonyl (C=O) groups excluding carboxylic acids is 2. The lowest BCUT2D eigenvalue weighted by atomic mass is 9.88. The topological polar surface area (TPSA) is 84.2 Å². The standard InChI is InChI=1S/C15H21N3O2/c16-10-14(19)17-12-7-4-8-13(9-12)18-15(20)11-5-2-1-3-6-11/h4,7-9,11H,1-3,5-6,10,16H2,(H,17,19)(H,18,20). The Bertz CT molecular complexity index is 482. The Morgan fingerprint density at radius 2 is 1.75 bits per heavy atom. The molecule has 1 aromatic carbocycles. The minimum atomic E-state index is -0.249. The molecule has 5 heteroatoms. The zero-order valence-corrected chi connectivity index (χ0v) is 11.5. The first-order chi connectivity index (χ1) is 9.69. The number of nitrogens with one attached hydrogen (secondary N) is 2. The van der Waals surface area contributed by atoms with Gasteiger partial charge < -0.3 is 16.4 Å². The predicted molar refractivity (Wildman–Crippen MR) is 79.3 cm³/mol. The van der Waals surface area contributed by atoms with Crippen LogP contribution in [0.3, 0.4) is 0 Å². The molecule has 20 heavy (non-hydrogen) atoms. The number of amides is 2. The van der Waals surface area contributed by atoms with Crippen LogP contribution in [0.2, 0.25) is 0 Å². The quantitative estimate of drug-likeness (QED) is 0.786. The van der Waals surface area contributed by atoms with Crippen molar-refractivity contribution in [3.8, 4) is 0 Å². The molecule has 4 N–H and O–H groups in total. The Hall–Kier alpha value is -1.88. The van der Waals surface area contributed by atoms with Gasteiger partial charge in [-0.25, -0.2) is 0 Å². The van der Waals surface area contributed by atoms with Gasteiger partial charge in [-0.15, -0.1) is 0 Å². The lowest BCUT2D eigenvalue weighted by Crippen LogP contribution is -2.25. The molecular formula is C15H21N3O2. The van der Waals surface area contributed by atoms with E-state index in [0.29, 0.717) is 11.4 Å². The number of hydrogen-bond donors (Lipinski definition) is 3. The van der Waals surface area contributed by atoms with Crippen LogP contribution in [0, 0.1) is 5.92 Å². The molecule has 5 nitrogen and oxygen atoms in total. The van der Waals surface area contributed by atoms with E-state index >= 15 is 0 Å². The average molecular weight is 275 g/mol. The molecule has 0 atom stereocenters. The fourth-order valence-corrected chi connectivity index (χ4v) is 2.50. The minimum absolute atomic E-state index is 0.0569. The van der Waals surface area contributed by atoms with Gasteiger partial charge in [0.1, 0.15) is 0 Å². The van der Waals surface area contributed by atoms with Crippen molar-refractivity contribution in [3.63, 3.8) is 0 Å². The number of rotatable bonds is 4. The molecule has 0 aromatic heterocycles. The molecule has 1 aliphatic carbocycles. The van der Waals surface area contributed by atoms with Crippen molar-refractivity contribution in [1.82, 2.24) is 0 Å². The fourth-order valence-electron chi connectivity index (χ4n) is 2.50. The first kappa shape index (κ1) is 14.5. The lowest BCUT2D eigenvalue weighted by molar-refractivity contribution is -0.120. The number of anilines is 2. The van der Waals surface area contributed by atoms with Crippen molar-refractivity contribution in [2.45, 2.75) is 32.1 Å². The van der Waals surface area contributed by atoms with E-state index in [1.807, 2.05) is 6.07 Å². The molecule has 2 amide bonds. The van der Waals surface area contributed by atoms with Crippen LogP contribution >= 0.6 is 0 Å². The summed E-state index contributed by atoms with van der Waals surface area (Å²) in [4.78, 5) is 23.4. The van der Waals surface area contributed by atoms with Crippen molar-refractivity contribution in [3.05, 3.63) is 24.3 Å². The molecule has 2 rings (SSSR count). The largest absolute Gasteiger partial charge is 0.326 e. The monoisotopic (exact) mass is 275 g/mol. The molecule has 0 unspecified atom stereocenters. The highest BCUT2D eigenvalue weighted by Crippen LogP contribution is 2.25. The molecular weight excluding hydrogens is 254 g/mol. The summed E-state index contributed by atoms with van der Waals surface area (Å²) >= 11 is 0. The van der Waals surface area contributed by atoms with E-state index in [4.69, 9.17) is 5.73 Å². The second-order valence-electron chi connectivity index (χ2n) is 5.16. The molecule has 0 radical (unpaired) electrons. The summed E-state index contributed by atoms with van der Waals surface area (Å²) < 4.78 is 0. The zero-order valence-electron chi connectivity index (χ0n) is 11.5. The highest BCUT2D eigenvalue weighted by atomic mass is 16.2. The molecule has 0 aliphatic heterocycles. The van der Waals surface area contributed by atoms with Gasteiger partial charge in [-0.1, -0.05) is 25.3 Å². The van der Waals surface area contributed by atoms with E-state index in [1.165, 1.54) is 6.42 Å². The SMILES string of the molecule is NCC(=O)Nc1cccc(NC(=O)C2CCCCC2)c1. The predicted octanol–water partition coefficient (Wildman–Crippen LogP) is 2.10. The van der Waals surface area contributed by atoms with Crippen LogP contribution in [0.15, 0.2) is 24.3 Å². The van der Waals surface area contributed by atoms with E-state index < -0.39 is 0 Å². The van der Waals surface area contributed by atoms with Crippen molar-refractivity contribution in [2.24, 2.45) is 11.7 Å². The highest BCUT2D eigenvalue weighted by molar-refractivity contribution is 5.95. The maximum Gasteiger partial charge on any atom is 0.238 e. The van der Waals surface area contributed by atoms with Crippen LogP contribution in [-0.4, -0.2) is 18.4 Å². The first-order valence-corrected chi connectivity index (χ1v) is 7.10. The van der Waals surface area contributed by atoms with Crippen LogP contribution in [0.25, 0.3) is 0 Å². The maximum absolute atomic E-state index is 12.1. The summed E-state index contributed by atoms with van der Waals surface area (Å²) in [5, 5.41) is 5.59. The normalized spacial score (nSPS) is 15.7. The lowest BCUT2D eigenvalue weighted by Gasteiger charge is -2.20. The van der Waals surface area contributed by atoms with Gasteiger partial charge in [0, 0.05) is 17.3 Å². The second kappa shape index (κ2) is 7.05. The smallest absolute Gasteiger partial charge is 0.238 e. The molecule has 0 spiro atoms. The Kier molecular flexibility index (Phi) is 5.12. The van der Waals surface area contributed by atoms with Gasteiger partial charge in [0.25, 0.3) is 0 Å². The molecule has 0 saturated heterocycles. The minimum Gasteiger partial charge on any atom is -0.326 e. The van der Waals surface area contributed by atoms with Crippen molar-refractivity contribution < 1.29 is 9.59 Å². The third-order valence-corrected chi connectivity index (χ3v) is 3.58. The van der Waals surface area contributed by atoms with Crippen LogP contribution in [0.1, 0.15) is 32.1 Å². The number of benzene rings is 1. The maximum atomic E-state index is 12.1. The first-order valence-electron chi connectivity index (χ1n) is 7.10. The molecule has 0 heterocycles. The van der Waals surface area contributed by atoms with Gasteiger partial charge in [-0.2, -0.15) is 0 Å². The van der Waals surface area contributed by atoms with Crippen molar-refractivity contribution in [1.29, 1.82) is 0 Å². The van der Waals surface area contributed by atoms with E-state index in [9.17, 15) is 9.59 Å². The third kappa shape index (κ3) is 4.06. The van der Waals surface area contributed by atoms with E-state index in [1.54, 1.807) is 18.2 Å². The van der Waals surface area contributed by atoms with Gasteiger partial charge in [0.05, 0.1) is 6.54 Å². The Balaban J connectivity index is 1.96. The van der Waals surface area contributed by atoms with Crippen LogP contribution in [-0.2, 0) is 9.59 Å². The molecule has 1 aliphatic rings. The number of hydrogen-bond acceptors (Lipinski definition) is 3. The summed E-state index contributed by atoms with van der Waals surface area (Å²) in [6.45, 7) is -0.0569. The number of nitrogens with two attached hydrogens (primary N) is 1. The summed E-state index contributed by atoms with van der Waals surface area (Å²) in [5.41, 5.74) is 6.60. The summed E-state index contributed by atoms with van der Waals surface area (Å²) in [6.07, 6.45) is 5.42. The Morgan fingerprint density at radius 3 is 2.40 bits per heavy atom. The van der Waals surface area contributed by atoms with Crippen LogP contribution in [0.5, 0.6) is 0 Å². The van der Waals surface area contributed by atoms with Gasteiger partial charge in [0.2, 0.25) is 11.8 Å². The second-order valence-corrected chi connectivity index (χ2v) is 5.16. The summed E-state index contributed by atoms with van der Waals surface area (Å²) in [5.74, 6) is -0.0567. The van der Waals surface area contributed by atoms with Gasteiger partial charge in [0.15, 0.2) is 0 Å². The molecule has 1 saturated carbocycles. The average Bonchev–Trinajstić information content (AvgIpc) is 2.48. The summed E-state index contributed by atoms with van der Waals surface area (Å²) in [7, 11) is 0. The number of carbonyl (C=O) groups is 2. The highest BCUT2D eigenvalue weighted by Gasteiger charge is 2.20. The van der Waals surface area contributed by atoms with Gasteiger partial charge >= 0.3 is 0 Å². The Labute approximate surface area is 118 Å². The molecule has 1 aromatic rings. The zero-order chi connectivity index (χ0) is 14.4. The van der Waals surface area contributed by atoms with Crippen molar-refractivity contribution >= 4 is 23.2 Å². The van der Waals surface area contributed by atoms with E-state index in [-0.39, 0.29) is 24.3 Å². The van der Waals surface area contributed by atoms with Gasteiger partial charge in [-0.3, -0.25) is 9.59 Å².